The summed E-state index contributed by atoms with van der Waals surface area (Å²) >= 11 is 2.07. The Morgan fingerprint density at radius 2 is 2.50 bits per heavy atom. The molecule has 3 heteroatoms. The Balaban J connectivity index is 2.05. The van der Waals surface area contributed by atoms with Crippen molar-refractivity contribution in [1.29, 1.82) is 0 Å². The molecule has 1 saturated heterocycles. The fraction of sp³-hybridized carbons (Fsp3) is 0.818. The molecular weight excluding hydrogens is 192 g/mol. The molecule has 82 valence electrons. The number of hydrogen-bond donors (Lipinski definition) is 1. The van der Waals surface area contributed by atoms with E-state index in [1.165, 1.54) is 37.6 Å². The highest BCUT2D eigenvalue weighted by molar-refractivity contribution is 7.99. The number of allylic oxidation sites excluding steroid dienone is 1. The van der Waals surface area contributed by atoms with Gasteiger partial charge in [0.05, 0.1) is 0 Å². The summed E-state index contributed by atoms with van der Waals surface area (Å²) in [5.74, 6) is 2.54. The lowest BCUT2D eigenvalue weighted by atomic mass is 10.2. The Kier molecular flexibility index (Phi) is 6.32. The highest BCUT2D eigenvalue weighted by Gasteiger charge is 2.14. The van der Waals surface area contributed by atoms with E-state index in [4.69, 9.17) is 0 Å². The summed E-state index contributed by atoms with van der Waals surface area (Å²) in [5.41, 5.74) is 0. The first-order valence-electron chi connectivity index (χ1n) is 5.43. The van der Waals surface area contributed by atoms with E-state index in [0.29, 0.717) is 6.04 Å². The van der Waals surface area contributed by atoms with E-state index in [1.54, 1.807) is 0 Å². The Labute approximate surface area is 92.1 Å². The number of nitrogens with one attached hydrogen (secondary N) is 1. The third kappa shape index (κ3) is 5.03. The van der Waals surface area contributed by atoms with Crippen LogP contribution in [0.1, 0.15) is 12.8 Å². The highest BCUT2D eigenvalue weighted by atomic mass is 32.2. The van der Waals surface area contributed by atoms with Crippen molar-refractivity contribution in [3.63, 3.8) is 0 Å². The second kappa shape index (κ2) is 7.32. The molecule has 0 amide bonds. The summed E-state index contributed by atoms with van der Waals surface area (Å²) < 4.78 is 0. The van der Waals surface area contributed by atoms with Gasteiger partial charge in [0.15, 0.2) is 0 Å². The van der Waals surface area contributed by atoms with Crippen LogP contribution in [0, 0.1) is 0 Å². The number of thioether (sulfide) groups is 1. The minimum absolute atomic E-state index is 0.697. The van der Waals surface area contributed by atoms with Gasteiger partial charge in [-0.05, 0) is 26.4 Å². The molecule has 1 heterocycles. The monoisotopic (exact) mass is 214 g/mol. The van der Waals surface area contributed by atoms with Crippen LogP contribution in [-0.4, -0.2) is 49.1 Å². The van der Waals surface area contributed by atoms with Crippen molar-refractivity contribution >= 4 is 11.8 Å². The zero-order chi connectivity index (χ0) is 10.2. The predicted molar refractivity (Wildman–Crippen MR) is 66.0 cm³/mol. The van der Waals surface area contributed by atoms with Gasteiger partial charge >= 0.3 is 0 Å². The molecule has 1 N–H and O–H groups in total. The first-order valence-corrected chi connectivity index (χ1v) is 6.59. The van der Waals surface area contributed by atoms with Gasteiger partial charge in [0.25, 0.3) is 0 Å². The minimum Gasteiger partial charge on any atom is -0.311 e. The standard InChI is InChI=1S/C11H22N2S/c1-3-4-5-7-13(2)9-11-10-14-8-6-12-11/h3,11-12H,1,4-10H2,2H3. The van der Waals surface area contributed by atoms with Crippen LogP contribution in [0.3, 0.4) is 0 Å². The molecule has 0 saturated carbocycles. The molecular formula is C11H22N2S. The molecule has 14 heavy (non-hydrogen) atoms. The normalized spacial score (nSPS) is 22.6. The number of rotatable bonds is 6. The average molecular weight is 214 g/mol. The van der Waals surface area contributed by atoms with Crippen LogP contribution >= 0.6 is 11.8 Å². The Hall–Kier alpha value is 0.01000. The molecule has 1 unspecified atom stereocenters. The summed E-state index contributed by atoms with van der Waals surface area (Å²) in [5, 5.41) is 3.56. The van der Waals surface area contributed by atoms with Gasteiger partial charge in [-0.2, -0.15) is 11.8 Å². The van der Waals surface area contributed by atoms with Gasteiger partial charge in [0.2, 0.25) is 0 Å². The van der Waals surface area contributed by atoms with Gasteiger partial charge in [0.1, 0.15) is 0 Å². The molecule has 1 fully saturated rings. The van der Waals surface area contributed by atoms with Crippen molar-refractivity contribution in [2.45, 2.75) is 18.9 Å². The smallest absolute Gasteiger partial charge is 0.0285 e. The zero-order valence-corrected chi connectivity index (χ0v) is 9.98. The van der Waals surface area contributed by atoms with Gasteiger partial charge in [-0.1, -0.05) is 6.08 Å². The molecule has 2 nitrogen and oxygen atoms in total. The molecule has 1 aliphatic heterocycles. The van der Waals surface area contributed by atoms with Gasteiger partial charge in [-0.15, -0.1) is 6.58 Å². The lowest BCUT2D eigenvalue weighted by molar-refractivity contribution is 0.296. The number of likely N-dealkylation sites (N-methyl/N-ethyl adjacent to an activating group) is 1. The summed E-state index contributed by atoms with van der Waals surface area (Å²) in [4.78, 5) is 2.42. The molecule has 0 aliphatic carbocycles. The maximum Gasteiger partial charge on any atom is 0.0285 e. The summed E-state index contributed by atoms with van der Waals surface area (Å²) in [7, 11) is 2.21. The Morgan fingerprint density at radius 3 is 3.14 bits per heavy atom. The van der Waals surface area contributed by atoms with Crippen LogP contribution in [0.5, 0.6) is 0 Å². The van der Waals surface area contributed by atoms with Crippen LogP contribution in [0.2, 0.25) is 0 Å². The molecule has 1 aliphatic rings. The summed E-state index contributed by atoms with van der Waals surface area (Å²) in [6, 6.07) is 0.697. The van der Waals surface area contributed by atoms with Gasteiger partial charge < -0.3 is 10.2 Å². The minimum atomic E-state index is 0.697. The van der Waals surface area contributed by atoms with Crippen molar-refractivity contribution in [1.82, 2.24) is 10.2 Å². The summed E-state index contributed by atoms with van der Waals surface area (Å²) in [6.07, 6.45) is 4.37. The van der Waals surface area contributed by atoms with E-state index in [9.17, 15) is 0 Å². The Morgan fingerprint density at radius 1 is 1.64 bits per heavy atom. The quantitative estimate of drug-likeness (QED) is 0.534. The molecule has 0 bridgehead atoms. The van der Waals surface area contributed by atoms with Crippen molar-refractivity contribution in [2.75, 3.05) is 38.2 Å². The molecule has 0 aromatic heterocycles. The molecule has 0 spiro atoms. The lowest BCUT2D eigenvalue weighted by Gasteiger charge is -2.27. The van der Waals surface area contributed by atoms with E-state index in [-0.39, 0.29) is 0 Å². The fourth-order valence-electron chi connectivity index (χ4n) is 1.71. The second-order valence-corrected chi connectivity index (χ2v) is 5.07. The largest absolute Gasteiger partial charge is 0.311 e. The third-order valence-electron chi connectivity index (χ3n) is 2.48. The first-order chi connectivity index (χ1) is 6.83. The van der Waals surface area contributed by atoms with E-state index >= 15 is 0 Å². The average Bonchev–Trinajstić information content (AvgIpc) is 2.20. The molecule has 1 rings (SSSR count). The highest BCUT2D eigenvalue weighted by Crippen LogP contribution is 2.08. The van der Waals surface area contributed by atoms with Gasteiger partial charge in [0, 0.05) is 30.6 Å². The van der Waals surface area contributed by atoms with E-state index < -0.39 is 0 Å². The number of nitrogens with zero attached hydrogens (tertiary/aromatic N) is 1. The van der Waals surface area contributed by atoms with E-state index in [1.807, 2.05) is 6.08 Å². The third-order valence-corrected chi connectivity index (χ3v) is 3.61. The van der Waals surface area contributed by atoms with E-state index in [2.05, 4.69) is 35.6 Å². The number of hydrogen-bond acceptors (Lipinski definition) is 3. The Bertz CT molecular complexity index is 155. The maximum absolute atomic E-state index is 3.74. The molecule has 0 radical (unpaired) electrons. The van der Waals surface area contributed by atoms with Crippen molar-refractivity contribution in [3.8, 4) is 0 Å². The van der Waals surface area contributed by atoms with Crippen LogP contribution in [0.4, 0.5) is 0 Å². The predicted octanol–water partition coefficient (Wildman–Crippen LogP) is 1.59. The second-order valence-electron chi connectivity index (χ2n) is 3.92. The first kappa shape index (κ1) is 12.1. The maximum atomic E-state index is 3.74. The SMILES string of the molecule is C=CCCCN(C)CC1CSCCN1. The van der Waals surface area contributed by atoms with Crippen LogP contribution in [0.15, 0.2) is 12.7 Å². The topological polar surface area (TPSA) is 15.3 Å². The molecule has 1 atom stereocenters. The van der Waals surface area contributed by atoms with Gasteiger partial charge in [-0.3, -0.25) is 0 Å². The molecule has 0 aromatic carbocycles. The molecule has 0 aromatic rings. The summed E-state index contributed by atoms with van der Waals surface area (Å²) in [6.45, 7) is 7.29. The fourth-order valence-corrected chi connectivity index (χ4v) is 2.65. The zero-order valence-electron chi connectivity index (χ0n) is 9.17. The number of unbranched alkanes of at least 4 members (excludes halogenated alkanes) is 1. The van der Waals surface area contributed by atoms with Crippen molar-refractivity contribution in [3.05, 3.63) is 12.7 Å². The van der Waals surface area contributed by atoms with Crippen LogP contribution < -0.4 is 5.32 Å². The lowest BCUT2D eigenvalue weighted by Crippen LogP contribution is -2.45. The van der Waals surface area contributed by atoms with Crippen LogP contribution in [0.25, 0.3) is 0 Å². The van der Waals surface area contributed by atoms with Crippen molar-refractivity contribution < 1.29 is 0 Å². The van der Waals surface area contributed by atoms with E-state index in [0.717, 1.165) is 6.42 Å². The van der Waals surface area contributed by atoms with Crippen molar-refractivity contribution in [2.24, 2.45) is 0 Å². The van der Waals surface area contributed by atoms with Crippen LogP contribution in [-0.2, 0) is 0 Å². The van der Waals surface area contributed by atoms with Gasteiger partial charge in [-0.25, -0.2) is 0 Å².